The normalized spacial score (nSPS) is 16.8. The molecular weight excluding hydrogens is 480 g/mol. The Morgan fingerprint density at radius 3 is 1.15 bits per heavy atom. The van der Waals surface area contributed by atoms with E-state index in [9.17, 15) is 0 Å². The molecule has 2 atom stereocenters. The summed E-state index contributed by atoms with van der Waals surface area (Å²) in [7, 11) is 0. The standard InChI is InChI=1S/C40H30/c1-3-13-27(14-4-1)39-31-19-9-7-17-29(31)25-37-33(21-11-23-35(37)39)34-22-12-24-36-38(34)26-30-18-8-10-20-32(30)40(36)28-15-5-2-6-16-28/h1-24,39-40H,25-26H2. The molecule has 0 spiro atoms. The summed E-state index contributed by atoms with van der Waals surface area (Å²) in [5, 5.41) is 0. The highest BCUT2D eigenvalue weighted by Gasteiger charge is 2.31. The van der Waals surface area contributed by atoms with Gasteiger partial charge in [-0.1, -0.05) is 146 Å². The molecule has 0 N–H and O–H groups in total. The van der Waals surface area contributed by atoms with E-state index in [2.05, 4.69) is 146 Å². The van der Waals surface area contributed by atoms with Gasteiger partial charge in [-0.15, -0.1) is 0 Å². The van der Waals surface area contributed by atoms with Crippen molar-refractivity contribution < 1.29 is 0 Å². The monoisotopic (exact) mass is 510 g/mol. The van der Waals surface area contributed by atoms with Crippen LogP contribution in [0, 0.1) is 0 Å². The van der Waals surface area contributed by atoms with Crippen molar-refractivity contribution >= 4 is 0 Å². The Balaban J connectivity index is 1.35. The van der Waals surface area contributed by atoms with Gasteiger partial charge in [0.05, 0.1) is 0 Å². The lowest BCUT2D eigenvalue weighted by molar-refractivity contribution is 0.879. The van der Waals surface area contributed by atoms with Gasteiger partial charge in [-0.25, -0.2) is 0 Å². The smallest absolute Gasteiger partial charge is 0.0345 e. The fourth-order valence-corrected chi connectivity index (χ4v) is 7.33. The van der Waals surface area contributed by atoms with Crippen LogP contribution in [-0.2, 0) is 12.8 Å². The Morgan fingerprint density at radius 1 is 0.325 bits per heavy atom. The molecule has 6 aromatic carbocycles. The minimum atomic E-state index is 0.249. The first-order valence-electron chi connectivity index (χ1n) is 14.4. The lowest BCUT2D eigenvalue weighted by atomic mass is 9.70. The van der Waals surface area contributed by atoms with Gasteiger partial charge in [0.2, 0.25) is 0 Å². The summed E-state index contributed by atoms with van der Waals surface area (Å²) < 4.78 is 0. The van der Waals surface area contributed by atoms with E-state index in [0.29, 0.717) is 0 Å². The van der Waals surface area contributed by atoms with Crippen LogP contribution in [0.1, 0.15) is 67.5 Å². The van der Waals surface area contributed by atoms with E-state index in [1.54, 1.807) is 0 Å². The summed E-state index contributed by atoms with van der Waals surface area (Å²) in [6.45, 7) is 0. The first-order chi connectivity index (χ1) is 19.9. The largest absolute Gasteiger partial charge is 0.0622 e. The minimum absolute atomic E-state index is 0.249. The van der Waals surface area contributed by atoms with Crippen LogP contribution in [0.2, 0.25) is 0 Å². The second kappa shape index (κ2) is 9.50. The second-order valence-corrected chi connectivity index (χ2v) is 11.2. The van der Waals surface area contributed by atoms with Crippen LogP contribution in [0.15, 0.2) is 146 Å². The van der Waals surface area contributed by atoms with Gasteiger partial charge in [-0.05, 0) is 79.6 Å². The SMILES string of the molecule is c1ccc(C2c3ccccc3Cc3c(-c4cccc5c4Cc4ccccc4C5c4ccccc4)cccc32)cc1. The number of fused-ring (bicyclic) bond motifs is 4. The number of benzene rings is 6. The average molecular weight is 511 g/mol. The Kier molecular flexibility index (Phi) is 5.52. The number of rotatable bonds is 3. The molecule has 40 heavy (non-hydrogen) atoms. The first kappa shape index (κ1) is 23.2. The summed E-state index contributed by atoms with van der Waals surface area (Å²) in [5.41, 5.74) is 17.1. The summed E-state index contributed by atoms with van der Waals surface area (Å²) >= 11 is 0. The highest BCUT2D eigenvalue weighted by Crippen LogP contribution is 2.48. The van der Waals surface area contributed by atoms with E-state index in [1.807, 2.05) is 0 Å². The molecule has 0 fully saturated rings. The molecule has 2 aliphatic rings. The van der Waals surface area contributed by atoms with Crippen molar-refractivity contribution in [2.75, 3.05) is 0 Å². The summed E-state index contributed by atoms with van der Waals surface area (Å²) in [4.78, 5) is 0. The molecule has 0 nitrogen and oxygen atoms in total. The molecule has 2 unspecified atom stereocenters. The van der Waals surface area contributed by atoms with Gasteiger partial charge in [-0.2, -0.15) is 0 Å². The lowest BCUT2D eigenvalue weighted by Crippen LogP contribution is -2.18. The third-order valence-electron chi connectivity index (χ3n) is 9.07. The summed E-state index contributed by atoms with van der Waals surface area (Å²) in [6.07, 6.45) is 1.93. The van der Waals surface area contributed by atoms with Gasteiger partial charge in [0.15, 0.2) is 0 Å². The van der Waals surface area contributed by atoms with Gasteiger partial charge < -0.3 is 0 Å². The Morgan fingerprint density at radius 2 is 0.700 bits per heavy atom. The lowest BCUT2D eigenvalue weighted by Gasteiger charge is -2.33. The van der Waals surface area contributed by atoms with Crippen molar-refractivity contribution in [1.29, 1.82) is 0 Å². The fourth-order valence-electron chi connectivity index (χ4n) is 7.33. The van der Waals surface area contributed by atoms with Crippen molar-refractivity contribution in [3.8, 4) is 11.1 Å². The Hall–Kier alpha value is -4.68. The third kappa shape index (κ3) is 3.67. The van der Waals surface area contributed by atoms with E-state index in [0.717, 1.165) is 12.8 Å². The maximum absolute atomic E-state index is 2.36. The maximum Gasteiger partial charge on any atom is 0.0345 e. The molecule has 6 aromatic rings. The van der Waals surface area contributed by atoms with Gasteiger partial charge in [0.1, 0.15) is 0 Å². The van der Waals surface area contributed by atoms with Crippen molar-refractivity contribution in [2.24, 2.45) is 0 Å². The second-order valence-electron chi connectivity index (χ2n) is 11.2. The fraction of sp³-hybridized carbons (Fsp3) is 0.100. The molecule has 8 rings (SSSR count). The molecule has 2 aliphatic carbocycles. The zero-order chi connectivity index (χ0) is 26.5. The van der Waals surface area contributed by atoms with Crippen molar-refractivity contribution in [2.45, 2.75) is 24.7 Å². The van der Waals surface area contributed by atoms with Crippen LogP contribution in [0.25, 0.3) is 11.1 Å². The van der Waals surface area contributed by atoms with Gasteiger partial charge in [-0.3, -0.25) is 0 Å². The van der Waals surface area contributed by atoms with Crippen LogP contribution in [-0.4, -0.2) is 0 Å². The quantitative estimate of drug-likeness (QED) is 0.222. The zero-order valence-corrected chi connectivity index (χ0v) is 22.4. The zero-order valence-electron chi connectivity index (χ0n) is 22.4. The number of hydrogen-bond acceptors (Lipinski definition) is 0. The molecular formula is C40H30. The third-order valence-corrected chi connectivity index (χ3v) is 9.07. The first-order valence-corrected chi connectivity index (χ1v) is 14.4. The van der Waals surface area contributed by atoms with E-state index >= 15 is 0 Å². The summed E-state index contributed by atoms with van der Waals surface area (Å²) in [5.74, 6) is 0.497. The highest BCUT2D eigenvalue weighted by molar-refractivity contribution is 5.78. The van der Waals surface area contributed by atoms with Gasteiger partial charge >= 0.3 is 0 Å². The predicted molar refractivity (Wildman–Crippen MR) is 165 cm³/mol. The molecule has 0 aromatic heterocycles. The average Bonchev–Trinajstić information content (AvgIpc) is 3.03. The van der Waals surface area contributed by atoms with E-state index < -0.39 is 0 Å². The molecule has 0 aliphatic heterocycles. The van der Waals surface area contributed by atoms with Crippen molar-refractivity contribution in [3.05, 3.63) is 201 Å². The molecule has 0 radical (unpaired) electrons. The molecule has 0 saturated heterocycles. The van der Waals surface area contributed by atoms with Crippen LogP contribution >= 0.6 is 0 Å². The summed E-state index contributed by atoms with van der Waals surface area (Å²) in [6, 6.07) is 54.2. The van der Waals surface area contributed by atoms with E-state index in [4.69, 9.17) is 0 Å². The van der Waals surface area contributed by atoms with Crippen molar-refractivity contribution in [3.63, 3.8) is 0 Å². The molecule has 0 heterocycles. The van der Waals surface area contributed by atoms with Crippen LogP contribution in [0.4, 0.5) is 0 Å². The molecule has 190 valence electrons. The van der Waals surface area contributed by atoms with Crippen LogP contribution < -0.4 is 0 Å². The molecule has 0 heteroatoms. The molecule has 0 saturated carbocycles. The van der Waals surface area contributed by atoms with E-state index in [1.165, 1.54) is 66.8 Å². The van der Waals surface area contributed by atoms with Crippen LogP contribution in [0.3, 0.4) is 0 Å². The molecule has 0 bridgehead atoms. The van der Waals surface area contributed by atoms with E-state index in [-0.39, 0.29) is 11.8 Å². The Labute approximate surface area is 236 Å². The maximum atomic E-state index is 2.36. The Bertz CT molecular complexity index is 1710. The van der Waals surface area contributed by atoms with Gasteiger partial charge in [0.25, 0.3) is 0 Å². The topological polar surface area (TPSA) is 0 Å². The minimum Gasteiger partial charge on any atom is -0.0622 e. The van der Waals surface area contributed by atoms with Crippen LogP contribution in [0.5, 0.6) is 0 Å². The number of hydrogen-bond donors (Lipinski definition) is 0. The van der Waals surface area contributed by atoms with Crippen molar-refractivity contribution in [1.82, 2.24) is 0 Å². The highest BCUT2D eigenvalue weighted by atomic mass is 14.3. The van der Waals surface area contributed by atoms with Gasteiger partial charge in [0, 0.05) is 11.8 Å². The molecule has 0 amide bonds. The predicted octanol–water partition coefficient (Wildman–Crippen LogP) is 9.52.